The molecule has 8 nitrogen and oxygen atoms in total. The topological polar surface area (TPSA) is 108 Å². The van der Waals surface area contributed by atoms with Crippen LogP contribution < -0.4 is 0 Å². The first-order valence-corrected chi connectivity index (χ1v) is 9.04. The summed E-state index contributed by atoms with van der Waals surface area (Å²) in [4.78, 5) is 22.5. The van der Waals surface area contributed by atoms with Crippen LogP contribution in [0.1, 0.15) is 6.42 Å². The van der Waals surface area contributed by atoms with Crippen LogP contribution in [0.25, 0.3) is 21.5 Å². The maximum absolute atomic E-state index is 11.6. The Bertz CT molecular complexity index is 1030. The molecular weight excluding hydrogens is 376 g/mol. The number of thiophene rings is 1. The van der Waals surface area contributed by atoms with Gasteiger partial charge in [0.1, 0.15) is 17.0 Å². The van der Waals surface area contributed by atoms with Crippen molar-refractivity contribution in [2.24, 2.45) is 0 Å². The second-order valence-electron chi connectivity index (χ2n) is 6.12. The van der Waals surface area contributed by atoms with Crippen LogP contribution in [-0.4, -0.2) is 55.4 Å². The normalized spacial score (nSPS) is 15.7. The molecule has 1 aliphatic rings. The first-order chi connectivity index (χ1) is 12.6. The van der Waals surface area contributed by atoms with E-state index in [1.165, 1.54) is 16.2 Å². The third-order valence-electron chi connectivity index (χ3n) is 4.51. The van der Waals surface area contributed by atoms with E-state index in [0.29, 0.717) is 18.8 Å². The quantitative estimate of drug-likeness (QED) is 0.681. The van der Waals surface area contributed by atoms with E-state index < -0.39 is 12.1 Å². The van der Waals surface area contributed by atoms with Crippen molar-refractivity contribution in [3.63, 3.8) is 0 Å². The lowest BCUT2D eigenvalue weighted by Gasteiger charge is -2.48. The number of carbonyl (C=O) groups is 1. The molecule has 0 aliphatic carbocycles. The van der Waals surface area contributed by atoms with Gasteiger partial charge in [-0.3, -0.25) is 9.48 Å². The van der Waals surface area contributed by atoms with Crippen molar-refractivity contribution in [1.29, 1.82) is 5.26 Å². The number of nitriles is 1. The van der Waals surface area contributed by atoms with Crippen LogP contribution >= 0.6 is 22.9 Å². The molecule has 0 radical (unpaired) electrons. The van der Waals surface area contributed by atoms with Crippen molar-refractivity contribution in [1.82, 2.24) is 24.6 Å². The van der Waals surface area contributed by atoms with Crippen LogP contribution in [0.2, 0.25) is 5.28 Å². The molecular formula is C16H13ClN6O2S. The summed E-state index contributed by atoms with van der Waals surface area (Å²) in [6.07, 6.45) is 3.70. The van der Waals surface area contributed by atoms with Crippen molar-refractivity contribution in [2.45, 2.75) is 12.0 Å². The van der Waals surface area contributed by atoms with Crippen molar-refractivity contribution in [3.8, 4) is 17.3 Å². The van der Waals surface area contributed by atoms with E-state index in [0.717, 1.165) is 15.8 Å². The monoisotopic (exact) mass is 388 g/mol. The fourth-order valence-electron chi connectivity index (χ4n) is 3.18. The van der Waals surface area contributed by atoms with E-state index >= 15 is 0 Å². The van der Waals surface area contributed by atoms with E-state index in [9.17, 15) is 10.1 Å². The number of aliphatic hydroxyl groups excluding tert-OH is 1. The second kappa shape index (κ2) is 6.32. The number of hydrogen-bond donors (Lipinski definition) is 1. The number of halogens is 1. The zero-order valence-corrected chi connectivity index (χ0v) is 15.0. The highest BCUT2D eigenvalue weighted by Gasteiger charge is 2.47. The maximum atomic E-state index is 11.6. The number of aromatic nitrogens is 4. The predicted molar refractivity (Wildman–Crippen MR) is 95.5 cm³/mol. The van der Waals surface area contributed by atoms with Crippen molar-refractivity contribution < 1.29 is 9.90 Å². The van der Waals surface area contributed by atoms with Gasteiger partial charge in [-0.25, -0.2) is 9.97 Å². The van der Waals surface area contributed by atoms with Crippen molar-refractivity contribution in [2.75, 3.05) is 19.7 Å². The number of hydrogen-bond acceptors (Lipinski definition) is 7. The molecule has 1 N–H and O–H groups in total. The van der Waals surface area contributed by atoms with Gasteiger partial charge in [0.25, 0.3) is 0 Å². The van der Waals surface area contributed by atoms with Crippen molar-refractivity contribution >= 4 is 39.1 Å². The Morgan fingerprint density at radius 1 is 1.46 bits per heavy atom. The standard InChI is InChI=1S/C16H13ClN6O2S/c17-15-20-13(11-1-4-26-14(11)21-15)10-5-19-23(6-10)16(2-3-18)8-22(9-16)12(25)7-24/h1,4-6,24H,2,7-9H2. The molecule has 0 atom stereocenters. The predicted octanol–water partition coefficient (Wildman–Crippen LogP) is 1.65. The maximum Gasteiger partial charge on any atom is 0.248 e. The molecule has 1 aliphatic heterocycles. The third kappa shape index (κ3) is 2.63. The largest absolute Gasteiger partial charge is 0.387 e. The molecule has 26 heavy (non-hydrogen) atoms. The minimum Gasteiger partial charge on any atom is -0.387 e. The van der Waals surface area contributed by atoms with Crippen LogP contribution in [0.15, 0.2) is 23.8 Å². The van der Waals surface area contributed by atoms with Gasteiger partial charge in [-0.05, 0) is 23.0 Å². The molecule has 0 bridgehead atoms. The van der Waals surface area contributed by atoms with E-state index in [1.54, 1.807) is 10.9 Å². The van der Waals surface area contributed by atoms with Crippen molar-refractivity contribution in [3.05, 3.63) is 29.1 Å². The SMILES string of the molecule is N#CCC1(n2cc(-c3nc(Cl)nc4sccc34)cn2)CN(C(=O)CO)C1. The first kappa shape index (κ1) is 16.9. The highest BCUT2D eigenvalue weighted by Crippen LogP contribution is 2.35. The van der Waals surface area contributed by atoms with Crippen LogP contribution in [0.4, 0.5) is 0 Å². The van der Waals surface area contributed by atoms with Gasteiger partial charge >= 0.3 is 0 Å². The van der Waals surface area contributed by atoms with E-state index in [4.69, 9.17) is 16.7 Å². The molecule has 132 valence electrons. The molecule has 1 fully saturated rings. The van der Waals surface area contributed by atoms with Crippen LogP contribution in [0, 0.1) is 11.3 Å². The lowest BCUT2D eigenvalue weighted by atomic mass is 9.86. The Balaban J connectivity index is 1.70. The summed E-state index contributed by atoms with van der Waals surface area (Å²) in [5.74, 6) is -0.353. The smallest absolute Gasteiger partial charge is 0.248 e. The summed E-state index contributed by atoms with van der Waals surface area (Å²) in [5.41, 5.74) is 0.853. The second-order valence-corrected chi connectivity index (χ2v) is 7.35. The van der Waals surface area contributed by atoms with Gasteiger partial charge < -0.3 is 10.0 Å². The van der Waals surface area contributed by atoms with Gasteiger partial charge in [0.2, 0.25) is 11.2 Å². The number of amides is 1. The fourth-order valence-corrected chi connectivity index (χ4v) is 4.16. The molecule has 4 heterocycles. The Morgan fingerprint density at radius 2 is 2.27 bits per heavy atom. The summed E-state index contributed by atoms with van der Waals surface area (Å²) in [6.45, 7) is 0.126. The molecule has 3 aromatic rings. The number of carbonyl (C=O) groups excluding carboxylic acids is 1. The van der Waals surface area contributed by atoms with Gasteiger partial charge in [0, 0.05) is 30.2 Å². The Morgan fingerprint density at radius 3 is 3.00 bits per heavy atom. The minimum absolute atomic E-state index is 0.165. The van der Waals surface area contributed by atoms with Gasteiger partial charge in [0.15, 0.2) is 0 Å². The van der Waals surface area contributed by atoms with E-state index in [-0.39, 0.29) is 17.6 Å². The lowest BCUT2D eigenvalue weighted by molar-refractivity contribution is -0.145. The molecule has 0 unspecified atom stereocenters. The highest BCUT2D eigenvalue weighted by atomic mass is 35.5. The Labute approximate surface area is 157 Å². The zero-order valence-electron chi connectivity index (χ0n) is 13.5. The van der Waals surface area contributed by atoms with Gasteiger partial charge in [-0.2, -0.15) is 10.4 Å². The van der Waals surface area contributed by atoms with Crippen LogP contribution in [-0.2, 0) is 10.3 Å². The number of fused-ring (bicyclic) bond motifs is 1. The third-order valence-corrected chi connectivity index (χ3v) is 5.48. The number of nitrogens with zero attached hydrogens (tertiary/aromatic N) is 6. The molecule has 1 saturated heterocycles. The fraction of sp³-hybridized carbons (Fsp3) is 0.312. The highest BCUT2D eigenvalue weighted by molar-refractivity contribution is 7.16. The molecule has 1 amide bonds. The summed E-state index contributed by atoms with van der Waals surface area (Å²) >= 11 is 7.51. The first-order valence-electron chi connectivity index (χ1n) is 7.78. The van der Waals surface area contributed by atoms with E-state index in [2.05, 4.69) is 21.1 Å². The summed E-state index contributed by atoms with van der Waals surface area (Å²) < 4.78 is 1.71. The average Bonchev–Trinajstić information content (AvgIpc) is 3.25. The summed E-state index contributed by atoms with van der Waals surface area (Å²) in [7, 11) is 0. The summed E-state index contributed by atoms with van der Waals surface area (Å²) in [6, 6.07) is 4.09. The minimum atomic E-state index is -0.595. The Hall–Kier alpha value is -2.54. The molecule has 0 saturated carbocycles. The molecule has 3 aromatic heterocycles. The van der Waals surface area contributed by atoms with Crippen LogP contribution in [0.5, 0.6) is 0 Å². The number of likely N-dealkylation sites (tertiary alicyclic amines) is 1. The molecule has 10 heteroatoms. The Kier molecular flexibility index (Phi) is 4.11. The van der Waals surface area contributed by atoms with Crippen LogP contribution in [0.3, 0.4) is 0 Å². The summed E-state index contributed by atoms with van der Waals surface area (Å²) in [5, 5.41) is 25.6. The van der Waals surface area contributed by atoms with Gasteiger partial charge in [-0.1, -0.05) is 0 Å². The zero-order chi connectivity index (χ0) is 18.3. The van der Waals surface area contributed by atoms with E-state index in [1.807, 2.05) is 17.6 Å². The number of aliphatic hydroxyl groups is 1. The van der Waals surface area contributed by atoms with Gasteiger partial charge in [0.05, 0.1) is 24.4 Å². The molecule has 4 rings (SSSR count). The average molecular weight is 389 g/mol. The molecule has 0 spiro atoms. The number of rotatable bonds is 4. The molecule has 0 aromatic carbocycles. The van der Waals surface area contributed by atoms with Gasteiger partial charge in [-0.15, -0.1) is 11.3 Å². The lowest BCUT2D eigenvalue weighted by Crippen LogP contribution is -2.64.